The van der Waals surface area contributed by atoms with Crippen molar-refractivity contribution in [3.8, 4) is 0 Å². The molecule has 3 nitrogen and oxygen atoms in total. The van der Waals surface area contributed by atoms with Crippen molar-refractivity contribution < 1.29 is 42.3 Å². The Morgan fingerprint density at radius 2 is 0.500 bits per heavy atom. The predicted molar refractivity (Wildman–Crippen MR) is 10.8 cm³/mol. The summed E-state index contributed by atoms with van der Waals surface area (Å²) in [6, 6.07) is 0. The minimum Gasteiger partial charge on any atom is -0.412 e. The molecule has 0 aromatic carbocycles. The van der Waals surface area contributed by atoms with Gasteiger partial charge in [0.15, 0.2) is 0 Å². The van der Waals surface area contributed by atoms with Crippen molar-refractivity contribution in [2.75, 3.05) is 0 Å². The molecule has 6 N–H and O–H groups in total. The molecule has 0 atom stereocenters. The van der Waals surface area contributed by atoms with E-state index in [9.17, 15) is 0 Å². The predicted octanol–water partition coefficient (Wildman–Crippen LogP) is -2.48. The second-order valence-electron chi connectivity index (χ2n) is 0. The monoisotopic (exact) mass is 99.0 g/mol. The van der Waals surface area contributed by atoms with Gasteiger partial charge in [0.2, 0.25) is 0 Å². The van der Waals surface area contributed by atoms with Gasteiger partial charge < -0.3 is 16.4 Å². The summed E-state index contributed by atoms with van der Waals surface area (Å²) in [6.07, 6.45) is 0. The minimum atomic E-state index is 0. The average molecular weight is 99.0 g/mol. The van der Waals surface area contributed by atoms with Crippen LogP contribution in [0.4, 0.5) is 0 Å². The Hall–Kier alpha value is 0.750. The van der Waals surface area contributed by atoms with Gasteiger partial charge in [0.25, 0.3) is 0 Å². The molecule has 0 saturated carbocycles. The smallest absolute Gasteiger partial charge is 0 e. The van der Waals surface area contributed by atoms with Crippen molar-refractivity contribution in [2.45, 2.75) is 0 Å². The topological polar surface area (TPSA) is 94.5 Å². The van der Waals surface area contributed by atoms with E-state index >= 15 is 0 Å². The van der Waals surface area contributed by atoms with Gasteiger partial charge in [-0.05, 0) is 0 Å². The van der Waals surface area contributed by atoms with Crippen LogP contribution >= 0.6 is 0 Å². The molecule has 0 aliphatic heterocycles. The van der Waals surface area contributed by atoms with Crippen molar-refractivity contribution in [3.05, 3.63) is 0 Å². The summed E-state index contributed by atoms with van der Waals surface area (Å²) >= 11 is 0. The molecule has 0 heterocycles. The first-order valence-corrected chi connectivity index (χ1v) is 0. The molecule has 0 aromatic heterocycles. The first-order chi connectivity index (χ1) is 0. The molecule has 0 aromatic rings. The maximum absolute atomic E-state index is 0. The first-order valence-electron chi connectivity index (χ1n) is 0. The Morgan fingerprint density at radius 1 is 0.500 bits per heavy atom. The zero-order valence-electron chi connectivity index (χ0n) is 2.08. The van der Waals surface area contributed by atoms with E-state index in [2.05, 4.69) is 0 Å². The van der Waals surface area contributed by atoms with E-state index in [-0.39, 0.29) is 42.3 Å². The molecule has 0 bridgehead atoms. The van der Waals surface area contributed by atoms with Crippen molar-refractivity contribution in [1.82, 2.24) is 0 Å². The van der Waals surface area contributed by atoms with E-state index in [1.165, 1.54) is 0 Å². The maximum Gasteiger partial charge on any atom is 0 e. The third kappa shape index (κ3) is 15.0. The quantitative estimate of drug-likeness (QED) is 0.321. The Balaban J connectivity index is 0. The van der Waals surface area contributed by atoms with Crippen LogP contribution in [0.3, 0.4) is 0 Å². The third-order valence-corrected chi connectivity index (χ3v) is 0. The molecule has 0 saturated heterocycles. The normalized spacial score (nSPS) is 0. The zero-order chi connectivity index (χ0) is 0. The van der Waals surface area contributed by atoms with Gasteiger partial charge in [-0.15, -0.1) is 0 Å². The molecule has 1 radical (unpaired) electrons. The second-order valence-corrected chi connectivity index (χ2v) is 0. The molecule has 0 fully saturated rings. The van der Waals surface area contributed by atoms with Crippen LogP contribution in [0.5, 0.6) is 0 Å². The maximum atomic E-state index is 0. The third-order valence-electron chi connectivity index (χ3n) is 0. The van der Waals surface area contributed by atoms with E-state index in [0.717, 1.165) is 0 Å². The zero-order valence-corrected chi connectivity index (χ0v) is 3.88. The van der Waals surface area contributed by atoms with Gasteiger partial charge in [0, 0.05) is 25.8 Å². The Bertz CT molecular complexity index is 3.25. The summed E-state index contributed by atoms with van der Waals surface area (Å²) in [5, 5.41) is 0. The van der Waals surface area contributed by atoms with Gasteiger partial charge >= 0.3 is 0 Å². The fourth-order valence-electron chi connectivity index (χ4n) is 0. The summed E-state index contributed by atoms with van der Waals surface area (Å²) in [7, 11) is 0. The molecule has 27 valence electrons. The molecule has 0 spiro atoms. The van der Waals surface area contributed by atoms with Gasteiger partial charge in [0.1, 0.15) is 0 Å². The molecule has 0 amide bonds. The van der Waals surface area contributed by atoms with Crippen LogP contribution in [0, 0.1) is 0 Å². The first kappa shape index (κ1) is 119. The van der Waals surface area contributed by atoms with Crippen molar-refractivity contribution in [2.24, 2.45) is 0 Å². The molecular weight excluding hydrogens is 93.0 g/mol. The van der Waals surface area contributed by atoms with E-state index in [1.54, 1.807) is 0 Å². The van der Waals surface area contributed by atoms with E-state index < -0.39 is 0 Å². The Kier molecular flexibility index (Phi) is 1500. The number of hydrogen-bond donors (Lipinski definition) is 0. The van der Waals surface area contributed by atoms with Crippen LogP contribution in [0.25, 0.3) is 0 Å². The molecule has 0 rings (SSSR count). The van der Waals surface area contributed by atoms with Crippen molar-refractivity contribution in [1.29, 1.82) is 0 Å². The van der Waals surface area contributed by atoms with Crippen LogP contribution in [0.1, 0.15) is 0 Å². The molecule has 0 aliphatic rings. The number of hydrogen-bond acceptors (Lipinski definition) is 0. The molecule has 4 heavy (non-hydrogen) atoms. The summed E-state index contributed by atoms with van der Waals surface area (Å²) in [4.78, 5) is 0. The largest absolute Gasteiger partial charge is 0.412 e. The number of rotatable bonds is 0. The van der Waals surface area contributed by atoms with Crippen molar-refractivity contribution in [3.63, 3.8) is 0 Å². The summed E-state index contributed by atoms with van der Waals surface area (Å²) < 4.78 is 0. The Labute approximate surface area is 42.7 Å². The van der Waals surface area contributed by atoms with Crippen LogP contribution in [0.15, 0.2) is 0 Å². The minimum absolute atomic E-state index is 0. The van der Waals surface area contributed by atoms with E-state index in [4.69, 9.17) is 0 Å². The fourth-order valence-corrected chi connectivity index (χ4v) is 0. The Morgan fingerprint density at radius 3 is 0.500 bits per heavy atom. The molecule has 4 heteroatoms. The molecule has 0 unspecified atom stereocenters. The summed E-state index contributed by atoms with van der Waals surface area (Å²) in [5.41, 5.74) is 0. The van der Waals surface area contributed by atoms with E-state index in [1.807, 2.05) is 0 Å². The van der Waals surface area contributed by atoms with Crippen LogP contribution in [-0.4, -0.2) is 16.4 Å². The van der Waals surface area contributed by atoms with Crippen LogP contribution < -0.4 is 0 Å². The van der Waals surface area contributed by atoms with Gasteiger partial charge in [-0.1, -0.05) is 0 Å². The standard InChI is InChI=1S/3H2O.Sc/h3*1H2;. The molecule has 0 aliphatic carbocycles. The van der Waals surface area contributed by atoms with Crippen molar-refractivity contribution >= 4 is 0 Å². The SMILES string of the molecule is O.O.O.[Sc]. The second kappa shape index (κ2) is 50.4. The van der Waals surface area contributed by atoms with Crippen LogP contribution in [0.2, 0.25) is 0 Å². The van der Waals surface area contributed by atoms with Gasteiger partial charge in [-0.25, -0.2) is 0 Å². The van der Waals surface area contributed by atoms with Gasteiger partial charge in [0.05, 0.1) is 0 Å². The summed E-state index contributed by atoms with van der Waals surface area (Å²) in [5.74, 6) is 0. The van der Waals surface area contributed by atoms with Gasteiger partial charge in [-0.2, -0.15) is 0 Å². The molecular formula is H6O3Sc. The fraction of sp³-hybridized carbons (Fsp3) is 0. The van der Waals surface area contributed by atoms with E-state index in [0.29, 0.717) is 0 Å². The van der Waals surface area contributed by atoms with Gasteiger partial charge in [-0.3, -0.25) is 0 Å². The summed E-state index contributed by atoms with van der Waals surface area (Å²) in [6.45, 7) is 0. The van der Waals surface area contributed by atoms with Crippen LogP contribution in [-0.2, 0) is 25.8 Å². The average Bonchev–Trinajstić information content (AvgIpc) is 0.